The Morgan fingerprint density at radius 1 is 1.00 bits per heavy atom. The molecule has 8 nitrogen and oxygen atoms in total. The fourth-order valence-corrected chi connectivity index (χ4v) is 5.69. The number of Topliss-reactive ketones (excluding diaryl/α,β-unsaturated/α-hetero) is 1. The second kappa shape index (κ2) is 11.9. The van der Waals surface area contributed by atoms with E-state index in [1.54, 1.807) is 76.3 Å². The summed E-state index contributed by atoms with van der Waals surface area (Å²) >= 11 is 0. The molecule has 0 bridgehead atoms. The Bertz CT molecular complexity index is 1150. The number of esters is 3. The topological polar surface area (TPSA) is 116 Å². The zero-order valence-electron chi connectivity index (χ0n) is 23.8. The third-order valence-corrected chi connectivity index (χ3v) is 7.87. The number of hydrogen-bond donors (Lipinski definition) is 1. The molecule has 3 rings (SSSR count). The van der Waals surface area contributed by atoms with Crippen LogP contribution in [0.5, 0.6) is 0 Å². The van der Waals surface area contributed by atoms with Gasteiger partial charge in [-0.1, -0.05) is 50.3 Å². The first-order valence-corrected chi connectivity index (χ1v) is 13.4. The summed E-state index contributed by atoms with van der Waals surface area (Å²) in [6, 6.07) is 8.56. The minimum absolute atomic E-state index is 0.0620. The number of carbonyl (C=O) groups is 4. The maximum atomic E-state index is 13.3. The normalized spacial score (nSPS) is 33.4. The molecule has 8 heteroatoms. The van der Waals surface area contributed by atoms with Crippen LogP contribution in [0, 0.1) is 23.2 Å². The summed E-state index contributed by atoms with van der Waals surface area (Å²) in [7, 11) is 0. The molecule has 1 aromatic rings. The maximum Gasteiger partial charge on any atom is 0.338 e. The van der Waals surface area contributed by atoms with Crippen LogP contribution in [0.3, 0.4) is 0 Å². The van der Waals surface area contributed by atoms with E-state index in [2.05, 4.69) is 0 Å². The molecule has 1 N–H and O–H groups in total. The van der Waals surface area contributed by atoms with Crippen LogP contribution >= 0.6 is 0 Å². The SMILES string of the molecule is CC(=O)O[C@@H]1CC(=O)C(C)(C)/C=C/[C@@H](C)[C@@H](O)[C@@]2(OC(C)=O)C[C@@H](C)[C@H](OC(=O)c3ccccc3)[C@@H]2C=C1C. The van der Waals surface area contributed by atoms with E-state index in [0.29, 0.717) is 11.1 Å². The summed E-state index contributed by atoms with van der Waals surface area (Å²) in [4.78, 5) is 50.9. The average Bonchev–Trinajstić information content (AvgIpc) is 3.11. The molecule has 0 saturated heterocycles. The zero-order valence-corrected chi connectivity index (χ0v) is 23.8. The molecule has 0 spiro atoms. The number of fused-ring (bicyclic) bond motifs is 1. The standard InChI is InChI=1S/C31H40O8/c1-18-13-14-30(6,7)26(34)16-25(37-21(4)32)19(2)15-24-27(38-29(36)23-11-9-8-10-12-23)20(3)17-31(24,28(18)35)39-22(5)33/h8-15,18,20,24-25,27-28,35H,16-17H2,1-7H3/b14-13+,19-15?/t18-,20-,24+,25-,27+,28-,31-/m1/s1. The highest BCUT2D eigenvalue weighted by molar-refractivity contribution is 5.89. The van der Waals surface area contributed by atoms with E-state index in [1.165, 1.54) is 13.8 Å². The van der Waals surface area contributed by atoms with Gasteiger partial charge in [-0.2, -0.15) is 0 Å². The first-order chi connectivity index (χ1) is 18.2. The van der Waals surface area contributed by atoms with Crippen molar-refractivity contribution in [1.29, 1.82) is 0 Å². The lowest BCUT2D eigenvalue weighted by atomic mass is 9.75. The van der Waals surface area contributed by atoms with Gasteiger partial charge in [0.1, 0.15) is 29.7 Å². The van der Waals surface area contributed by atoms with Crippen LogP contribution in [-0.2, 0) is 28.6 Å². The van der Waals surface area contributed by atoms with Gasteiger partial charge in [0.25, 0.3) is 0 Å². The van der Waals surface area contributed by atoms with Gasteiger partial charge < -0.3 is 19.3 Å². The third kappa shape index (κ3) is 6.67. The first-order valence-electron chi connectivity index (χ1n) is 13.4. The van der Waals surface area contributed by atoms with Crippen LogP contribution in [0.25, 0.3) is 0 Å². The minimum atomic E-state index is -1.44. The third-order valence-electron chi connectivity index (χ3n) is 7.87. The van der Waals surface area contributed by atoms with Crippen LogP contribution in [-0.4, -0.2) is 52.7 Å². The van der Waals surface area contributed by atoms with Gasteiger partial charge in [-0.15, -0.1) is 0 Å². The molecule has 1 aromatic carbocycles. The largest absolute Gasteiger partial charge is 0.458 e. The van der Waals surface area contributed by atoms with E-state index in [9.17, 15) is 24.3 Å². The molecule has 0 unspecified atom stereocenters. The fourth-order valence-electron chi connectivity index (χ4n) is 5.69. The molecule has 0 amide bonds. The lowest BCUT2D eigenvalue weighted by Crippen LogP contribution is -2.53. The maximum absolute atomic E-state index is 13.3. The van der Waals surface area contributed by atoms with E-state index in [0.717, 1.165) is 0 Å². The molecule has 0 aromatic heterocycles. The van der Waals surface area contributed by atoms with E-state index in [4.69, 9.17) is 14.2 Å². The molecule has 7 atom stereocenters. The number of rotatable bonds is 4. The number of aliphatic hydroxyl groups is 1. The van der Waals surface area contributed by atoms with Crippen molar-refractivity contribution in [3.05, 3.63) is 59.7 Å². The summed E-state index contributed by atoms with van der Waals surface area (Å²) in [6.45, 7) is 11.5. The molecular formula is C31H40O8. The molecule has 39 heavy (non-hydrogen) atoms. The molecule has 1 fully saturated rings. The number of allylic oxidation sites excluding steroid dienone is 1. The highest BCUT2D eigenvalue weighted by atomic mass is 16.6. The van der Waals surface area contributed by atoms with E-state index >= 15 is 0 Å². The van der Waals surface area contributed by atoms with E-state index in [-0.39, 0.29) is 24.5 Å². The molecule has 0 heterocycles. The molecule has 0 radical (unpaired) electrons. The Kier molecular flexibility index (Phi) is 9.21. The summed E-state index contributed by atoms with van der Waals surface area (Å²) in [5.74, 6) is -3.40. The number of hydrogen-bond acceptors (Lipinski definition) is 8. The summed E-state index contributed by atoms with van der Waals surface area (Å²) in [5.41, 5.74) is -1.43. The quantitative estimate of drug-likeness (QED) is 0.335. The smallest absolute Gasteiger partial charge is 0.338 e. The van der Waals surface area contributed by atoms with Gasteiger partial charge in [0.05, 0.1) is 11.5 Å². The Hall–Kier alpha value is -3.26. The lowest BCUT2D eigenvalue weighted by molar-refractivity contribution is -0.181. The summed E-state index contributed by atoms with van der Waals surface area (Å²) in [6.07, 6.45) is 2.55. The predicted molar refractivity (Wildman–Crippen MR) is 144 cm³/mol. The Morgan fingerprint density at radius 3 is 2.23 bits per heavy atom. The monoisotopic (exact) mass is 540 g/mol. The second-order valence-corrected chi connectivity index (χ2v) is 11.5. The van der Waals surface area contributed by atoms with Gasteiger partial charge >= 0.3 is 17.9 Å². The lowest BCUT2D eigenvalue weighted by Gasteiger charge is -2.41. The Morgan fingerprint density at radius 2 is 1.64 bits per heavy atom. The number of carbonyl (C=O) groups excluding carboxylic acids is 4. The van der Waals surface area contributed by atoms with Crippen LogP contribution in [0.4, 0.5) is 0 Å². The van der Waals surface area contributed by atoms with E-state index < -0.39 is 59.1 Å². The van der Waals surface area contributed by atoms with Gasteiger partial charge in [0, 0.05) is 31.6 Å². The van der Waals surface area contributed by atoms with Gasteiger partial charge in [-0.05, 0) is 50.8 Å². The van der Waals surface area contributed by atoms with Gasteiger partial charge in [0.2, 0.25) is 0 Å². The zero-order chi connectivity index (χ0) is 29.1. The first kappa shape index (κ1) is 30.3. The number of ether oxygens (including phenoxy) is 3. The van der Waals surface area contributed by atoms with Gasteiger partial charge in [-0.25, -0.2) is 4.79 Å². The summed E-state index contributed by atoms with van der Waals surface area (Å²) < 4.78 is 17.6. The van der Waals surface area contributed by atoms with E-state index in [1.807, 2.05) is 6.92 Å². The van der Waals surface area contributed by atoms with Crippen molar-refractivity contribution in [2.75, 3.05) is 0 Å². The van der Waals surface area contributed by atoms with Crippen molar-refractivity contribution < 1.29 is 38.5 Å². The highest BCUT2D eigenvalue weighted by Crippen LogP contribution is 2.50. The Labute approximate surface area is 230 Å². The number of ketones is 1. The predicted octanol–water partition coefficient (Wildman–Crippen LogP) is 4.60. The van der Waals surface area contributed by atoms with Crippen LogP contribution in [0.2, 0.25) is 0 Å². The molecule has 2 aliphatic carbocycles. The van der Waals surface area contributed by atoms with Crippen molar-refractivity contribution in [1.82, 2.24) is 0 Å². The van der Waals surface area contributed by atoms with Gasteiger partial charge in [-0.3, -0.25) is 14.4 Å². The fraction of sp³-hybridized carbons (Fsp3) is 0.548. The Balaban J connectivity index is 2.20. The minimum Gasteiger partial charge on any atom is -0.458 e. The van der Waals surface area contributed by atoms with Gasteiger partial charge in [0.15, 0.2) is 0 Å². The van der Waals surface area contributed by atoms with Crippen molar-refractivity contribution in [3.8, 4) is 0 Å². The second-order valence-electron chi connectivity index (χ2n) is 11.5. The number of aliphatic hydroxyl groups excluding tert-OH is 1. The van der Waals surface area contributed by atoms with Crippen molar-refractivity contribution in [2.24, 2.45) is 23.2 Å². The molecule has 1 saturated carbocycles. The van der Waals surface area contributed by atoms with Crippen molar-refractivity contribution in [3.63, 3.8) is 0 Å². The average molecular weight is 541 g/mol. The van der Waals surface area contributed by atoms with Crippen molar-refractivity contribution >= 4 is 23.7 Å². The van der Waals surface area contributed by atoms with Crippen LogP contribution in [0.15, 0.2) is 54.1 Å². The van der Waals surface area contributed by atoms with Crippen molar-refractivity contribution in [2.45, 2.75) is 85.2 Å². The molecule has 2 aliphatic rings. The van der Waals surface area contributed by atoms with Crippen LogP contribution in [0.1, 0.15) is 71.7 Å². The highest BCUT2D eigenvalue weighted by Gasteiger charge is 2.60. The molecule has 212 valence electrons. The summed E-state index contributed by atoms with van der Waals surface area (Å²) in [5, 5.41) is 11.8. The molecular weight excluding hydrogens is 500 g/mol. The number of benzene rings is 1. The van der Waals surface area contributed by atoms with Crippen LogP contribution < -0.4 is 0 Å². The molecule has 0 aliphatic heterocycles.